The van der Waals surface area contributed by atoms with Crippen LogP contribution in [0.3, 0.4) is 0 Å². The van der Waals surface area contributed by atoms with Crippen LogP contribution in [0.5, 0.6) is 0 Å². The number of carbonyl (C=O) groups is 2. The zero-order chi connectivity index (χ0) is 13.8. The predicted octanol–water partition coefficient (Wildman–Crippen LogP) is 2.03. The Hall–Kier alpha value is -1.49. The molecule has 2 unspecified atom stereocenters. The number of amides is 1. The summed E-state index contributed by atoms with van der Waals surface area (Å²) in [6, 6.07) is 7.74. The van der Waals surface area contributed by atoms with Crippen LogP contribution < -0.4 is 5.32 Å². The first-order chi connectivity index (χ1) is 9.09. The Kier molecular flexibility index (Phi) is 4.47. The van der Waals surface area contributed by atoms with Crippen molar-refractivity contribution in [3.05, 3.63) is 35.9 Å². The van der Waals surface area contributed by atoms with Gasteiger partial charge in [0.25, 0.3) is 0 Å². The second-order valence-corrected chi connectivity index (χ2v) is 5.46. The van der Waals surface area contributed by atoms with E-state index < -0.39 is 12.0 Å². The number of hydrogen-bond donors (Lipinski definition) is 3. The molecule has 5 heteroatoms. The summed E-state index contributed by atoms with van der Waals surface area (Å²) in [4.78, 5) is 23.4. The number of hydrogen-bond acceptors (Lipinski definition) is 3. The summed E-state index contributed by atoms with van der Waals surface area (Å²) in [5.41, 5.74) is 0.581. The number of thiol groups is 1. The molecule has 1 amide bonds. The highest BCUT2D eigenvalue weighted by Crippen LogP contribution is 2.30. The average Bonchev–Trinajstić information content (AvgIpc) is 2.82. The van der Waals surface area contributed by atoms with Gasteiger partial charge in [0.05, 0.1) is 0 Å². The highest BCUT2D eigenvalue weighted by molar-refractivity contribution is 7.81. The smallest absolute Gasteiger partial charge is 0.330 e. The van der Waals surface area contributed by atoms with Gasteiger partial charge in [0.15, 0.2) is 6.04 Å². The molecule has 1 fully saturated rings. The fourth-order valence-corrected chi connectivity index (χ4v) is 2.90. The van der Waals surface area contributed by atoms with Crippen LogP contribution in [0.15, 0.2) is 30.3 Å². The maximum atomic E-state index is 12.1. The number of nitrogens with one attached hydrogen (secondary N) is 1. The lowest BCUT2D eigenvalue weighted by molar-refractivity contribution is -0.142. The van der Waals surface area contributed by atoms with Crippen LogP contribution in [0, 0.1) is 5.92 Å². The van der Waals surface area contributed by atoms with Crippen molar-refractivity contribution in [1.82, 2.24) is 5.32 Å². The van der Waals surface area contributed by atoms with Gasteiger partial charge in [0.1, 0.15) is 0 Å². The fraction of sp³-hybridized carbons (Fsp3) is 0.429. The van der Waals surface area contributed by atoms with E-state index in [1.807, 2.05) is 6.07 Å². The van der Waals surface area contributed by atoms with Gasteiger partial charge in [-0.2, -0.15) is 12.6 Å². The van der Waals surface area contributed by atoms with Crippen molar-refractivity contribution < 1.29 is 14.7 Å². The van der Waals surface area contributed by atoms with E-state index in [1.165, 1.54) is 0 Å². The van der Waals surface area contributed by atoms with E-state index in [0.29, 0.717) is 5.56 Å². The fourth-order valence-electron chi connectivity index (χ4n) is 2.43. The number of carboxylic acids is 1. The minimum Gasteiger partial charge on any atom is -0.479 e. The summed E-state index contributed by atoms with van der Waals surface area (Å²) in [6.45, 7) is 0. The van der Waals surface area contributed by atoms with Gasteiger partial charge in [-0.25, -0.2) is 4.79 Å². The molecule has 0 heterocycles. The van der Waals surface area contributed by atoms with Crippen LogP contribution in [-0.4, -0.2) is 22.2 Å². The van der Waals surface area contributed by atoms with E-state index in [1.54, 1.807) is 24.3 Å². The van der Waals surface area contributed by atoms with Crippen molar-refractivity contribution in [3.63, 3.8) is 0 Å². The van der Waals surface area contributed by atoms with Crippen molar-refractivity contribution in [1.29, 1.82) is 0 Å². The molecule has 0 aliphatic heterocycles. The monoisotopic (exact) mass is 279 g/mol. The molecule has 3 atom stereocenters. The van der Waals surface area contributed by atoms with Gasteiger partial charge >= 0.3 is 5.97 Å². The van der Waals surface area contributed by atoms with E-state index in [0.717, 1.165) is 19.3 Å². The molecule has 1 aromatic carbocycles. The summed E-state index contributed by atoms with van der Waals surface area (Å²) in [7, 11) is 0. The minimum absolute atomic E-state index is 0.0326. The maximum Gasteiger partial charge on any atom is 0.330 e. The molecule has 1 aliphatic carbocycles. The number of carbonyl (C=O) groups excluding carboxylic acids is 1. The minimum atomic E-state index is -1.05. The number of benzene rings is 1. The first kappa shape index (κ1) is 13.9. The van der Waals surface area contributed by atoms with E-state index in [-0.39, 0.29) is 17.1 Å². The van der Waals surface area contributed by atoms with Gasteiger partial charge in [-0.15, -0.1) is 0 Å². The van der Waals surface area contributed by atoms with Gasteiger partial charge in [-0.1, -0.05) is 36.8 Å². The number of rotatable bonds is 4. The van der Waals surface area contributed by atoms with Crippen molar-refractivity contribution in [2.24, 2.45) is 5.92 Å². The van der Waals surface area contributed by atoms with Gasteiger partial charge in [-0.05, 0) is 18.4 Å². The quantitative estimate of drug-likeness (QED) is 0.739. The first-order valence-electron chi connectivity index (χ1n) is 6.36. The molecule has 1 aromatic rings. The Morgan fingerprint density at radius 3 is 2.47 bits per heavy atom. The lowest BCUT2D eigenvalue weighted by Gasteiger charge is -2.19. The molecule has 0 aromatic heterocycles. The Labute approximate surface area is 117 Å². The zero-order valence-electron chi connectivity index (χ0n) is 10.5. The van der Waals surface area contributed by atoms with Crippen LogP contribution in [-0.2, 0) is 9.59 Å². The third kappa shape index (κ3) is 3.29. The topological polar surface area (TPSA) is 66.4 Å². The molecule has 2 rings (SSSR count). The first-order valence-corrected chi connectivity index (χ1v) is 6.87. The Balaban J connectivity index is 2.09. The molecule has 0 bridgehead atoms. The van der Waals surface area contributed by atoms with E-state index in [9.17, 15) is 14.7 Å². The lowest BCUT2D eigenvalue weighted by atomic mass is 10.0. The Bertz CT molecular complexity index is 463. The van der Waals surface area contributed by atoms with Gasteiger partial charge < -0.3 is 10.4 Å². The number of aliphatic carboxylic acids is 1. The molecule has 4 nitrogen and oxygen atoms in total. The largest absolute Gasteiger partial charge is 0.479 e. The number of carboxylic acid groups (broad SMARTS) is 1. The zero-order valence-corrected chi connectivity index (χ0v) is 11.3. The standard InChI is InChI=1S/C14H17NO3S/c16-13(10-7-4-8-11(10)19)15-12(14(17)18)9-5-2-1-3-6-9/h1-3,5-6,10-12,19H,4,7-8H2,(H,15,16)(H,17,18)/t10?,11?,12-/m1/s1. The molecule has 1 aliphatic rings. The molecular weight excluding hydrogens is 262 g/mol. The van der Waals surface area contributed by atoms with Crippen LogP contribution in [0.25, 0.3) is 0 Å². The van der Waals surface area contributed by atoms with Crippen molar-refractivity contribution >= 4 is 24.5 Å². The predicted molar refractivity (Wildman–Crippen MR) is 75.1 cm³/mol. The highest BCUT2D eigenvalue weighted by Gasteiger charge is 2.33. The van der Waals surface area contributed by atoms with Gasteiger partial charge in [-0.3, -0.25) is 4.79 Å². The highest BCUT2D eigenvalue weighted by atomic mass is 32.1. The summed E-state index contributed by atoms with van der Waals surface area (Å²) in [5, 5.41) is 11.9. The van der Waals surface area contributed by atoms with Crippen LogP contribution in [0.4, 0.5) is 0 Å². The summed E-state index contributed by atoms with van der Waals surface area (Å²) in [5.74, 6) is -1.45. The van der Waals surface area contributed by atoms with Crippen LogP contribution in [0.2, 0.25) is 0 Å². The van der Waals surface area contributed by atoms with E-state index >= 15 is 0 Å². The second-order valence-electron chi connectivity index (χ2n) is 4.80. The molecule has 0 radical (unpaired) electrons. The molecule has 0 saturated heterocycles. The summed E-state index contributed by atoms with van der Waals surface area (Å²) in [6.07, 6.45) is 2.65. The van der Waals surface area contributed by atoms with Crippen molar-refractivity contribution in [2.45, 2.75) is 30.6 Å². The second kappa shape index (κ2) is 6.10. The van der Waals surface area contributed by atoms with Gasteiger partial charge in [0.2, 0.25) is 5.91 Å². The Morgan fingerprint density at radius 2 is 1.95 bits per heavy atom. The average molecular weight is 279 g/mol. The molecular formula is C14H17NO3S. The molecule has 19 heavy (non-hydrogen) atoms. The third-order valence-electron chi connectivity index (χ3n) is 3.48. The lowest BCUT2D eigenvalue weighted by Crippen LogP contribution is -2.39. The van der Waals surface area contributed by atoms with E-state index in [4.69, 9.17) is 0 Å². The normalized spacial score (nSPS) is 23.8. The van der Waals surface area contributed by atoms with Crippen molar-refractivity contribution in [2.75, 3.05) is 0 Å². The molecule has 1 saturated carbocycles. The van der Waals surface area contributed by atoms with Crippen LogP contribution >= 0.6 is 12.6 Å². The molecule has 102 valence electrons. The SMILES string of the molecule is O=C(N[C@@H](C(=O)O)c1ccccc1)C1CCCC1S. The Morgan fingerprint density at radius 1 is 1.26 bits per heavy atom. The summed E-state index contributed by atoms with van der Waals surface area (Å²) >= 11 is 4.38. The van der Waals surface area contributed by atoms with E-state index in [2.05, 4.69) is 17.9 Å². The molecule has 0 spiro atoms. The van der Waals surface area contributed by atoms with Crippen molar-refractivity contribution in [3.8, 4) is 0 Å². The maximum absolute atomic E-state index is 12.1. The van der Waals surface area contributed by atoms with Gasteiger partial charge in [0, 0.05) is 11.2 Å². The third-order valence-corrected chi connectivity index (χ3v) is 4.10. The van der Waals surface area contributed by atoms with Crippen LogP contribution in [0.1, 0.15) is 30.9 Å². The molecule has 2 N–H and O–H groups in total. The summed E-state index contributed by atoms with van der Waals surface area (Å²) < 4.78 is 0.